The van der Waals surface area contributed by atoms with Crippen LogP contribution < -0.4 is 5.32 Å². The van der Waals surface area contributed by atoms with Gasteiger partial charge in [0.1, 0.15) is 0 Å². The normalized spacial score (nSPS) is 25.5. The van der Waals surface area contributed by atoms with Crippen molar-refractivity contribution in [3.8, 4) is 0 Å². The first-order valence-electron chi connectivity index (χ1n) is 7.52. The molecule has 0 spiro atoms. The minimum Gasteiger partial charge on any atom is -0.349 e. The van der Waals surface area contributed by atoms with Crippen LogP contribution in [-0.2, 0) is 14.6 Å². The summed E-state index contributed by atoms with van der Waals surface area (Å²) in [6, 6.07) is 8.25. The molecule has 1 heterocycles. The molecule has 3 rings (SSSR count). The van der Waals surface area contributed by atoms with E-state index in [1.807, 2.05) is 6.92 Å². The van der Waals surface area contributed by atoms with E-state index in [0.29, 0.717) is 12.3 Å². The highest BCUT2D eigenvalue weighted by Crippen LogP contribution is 2.41. The van der Waals surface area contributed by atoms with E-state index in [-0.39, 0.29) is 29.4 Å². The smallest absolute Gasteiger partial charge is 0.224 e. The fourth-order valence-electron chi connectivity index (χ4n) is 2.95. The van der Waals surface area contributed by atoms with E-state index in [1.165, 1.54) is 5.56 Å². The first-order valence-corrected chi connectivity index (χ1v) is 9.34. The van der Waals surface area contributed by atoms with Crippen molar-refractivity contribution in [1.29, 1.82) is 0 Å². The molecule has 21 heavy (non-hydrogen) atoms. The first kappa shape index (κ1) is 14.6. The lowest BCUT2D eigenvalue weighted by Gasteiger charge is -2.21. The Kier molecular flexibility index (Phi) is 3.78. The summed E-state index contributed by atoms with van der Waals surface area (Å²) in [5.74, 6) is 0.165. The van der Waals surface area contributed by atoms with Crippen LogP contribution in [0.25, 0.3) is 0 Å². The van der Waals surface area contributed by atoms with E-state index in [2.05, 4.69) is 29.6 Å². The molecule has 2 fully saturated rings. The molecule has 1 amide bonds. The van der Waals surface area contributed by atoms with Crippen molar-refractivity contribution in [3.05, 3.63) is 35.4 Å². The SMILES string of the molecule is Cc1ccc(C(NC(=O)C2CCS(=O)(=O)C2)C2CC2)cc1. The van der Waals surface area contributed by atoms with Gasteiger partial charge in [-0.15, -0.1) is 0 Å². The maximum Gasteiger partial charge on any atom is 0.224 e. The highest BCUT2D eigenvalue weighted by Gasteiger charge is 2.37. The molecule has 2 aliphatic rings. The Morgan fingerprint density at radius 2 is 1.86 bits per heavy atom. The number of carbonyl (C=O) groups excluding carboxylic acids is 1. The standard InChI is InChI=1S/C16H21NO3S/c1-11-2-4-12(5-3-11)15(13-6-7-13)17-16(18)14-8-9-21(19,20)10-14/h2-5,13-15H,6-10H2,1H3,(H,17,18). The third kappa shape index (κ3) is 3.46. The van der Waals surface area contributed by atoms with Gasteiger partial charge in [0, 0.05) is 0 Å². The van der Waals surface area contributed by atoms with Gasteiger partial charge in [0.25, 0.3) is 0 Å². The number of aryl methyl sites for hydroxylation is 1. The highest BCUT2D eigenvalue weighted by molar-refractivity contribution is 7.91. The van der Waals surface area contributed by atoms with Crippen molar-refractivity contribution in [2.75, 3.05) is 11.5 Å². The van der Waals surface area contributed by atoms with E-state index >= 15 is 0 Å². The molecule has 2 atom stereocenters. The van der Waals surface area contributed by atoms with Crippen LogP contribution >= 0.6 is 0 Å². The van der Waals surface area contributed by atoms with Crippen LogP contribution in [0.3, 0.4) is 0 Å². The molecule has 5 heteroatoms. The topological polar surface area (TPSA) is 63.2 Å². The number of rotatable bonds is 4. The van der Waals surface area contributed by atoms with Crippen LogP contribution in [0.5, 0.6) is 0 Å². The van der Waals surface area contributed by atoms with Crippen LogP contribution in [0.1, 0.15) is 36.4 Å². The van der Waals surface area contributed by atoms with Crippen molar-refractivity contribution >= 4 is 15.7 Å². The molecule has 1 saturated heterocycles. The molecule has 0 bridgehead atoms. The molecule has 0 aromatic heterocycles. The average molecular weight is 307 g/mol. The van der Waals surface area contributed by atoms with Crippen LogP contribution in [0.2, 0.25) is 0 Å². The number of sulfone groups is 1. The molecule has 2 unspecified atom stereocenters. The first-order chi connectivity index (χ1) is 9.94. The second-order valence-electron chi connectivity index (χ2n) is 6.33. The number of hydrogen-bond donors (Lipinski definition) is 1. The summed E-state index contributed by atoms with van der Waals surface area (Å²) in [6.45, 7) is 2.04. The van der Waals surface area contributed by atoms with E-state index < -0.39 is 9.84 Å². The number of nitrogens with one attached hydrogen (secondary N) is 1. The van der Waals surface area contributed by atoms with Crippen LogP contribution in [0, 0.1) is 18.8 Å². The zero-order chi connectivity index (χ0) is 15.0. The second kappa shape index (κ2) is 5.44. The Morgan fingerprint density at radius 1 is 1.19 bits per heavy atom. The van der Waals surface area contributed by atoms with Crippen LogP contribution in [0.4, 0.5) is 0 Å². The summed E-state index contributed by atoms with van der Waals surface area (Å²) < 4.78 is 23.0. The Morgan fingerprint density at radius 3 is 2.38 bits per heavy atom. The predicted molar refractivity (Wildman–Crippen MR) is 81.5 cm³/mol. The van der Waals surface area contributed by atoms with Gasteiger partial charge in [-0.1, -0.05) is 29.8 Å². The zero-order valence-corrected chi connectivity index (χ0v) is 13.0. The van der Waals surface area contributed by atoms with Crippen molar-refractivity contribution in [1.82, 2.24) is 5.32 Å². The van der Waals surface area contributed by atoms with E-state index in [0.717, 1.165) is 18.4 Å². The summed E-state index contributed by atoms with van der Waals surface area (Å²) in [5.41, 5.74) is 2.32. The Balaban J connectivity index is 1.71. The predicted octanol–water partition coefficient (Wildman–Crippen LogP) is 2.00. The molecule has 1 aromatic carbocycles. The highest BCUT2D eigenvalue weighted by atomic mass is 32.2. The van der Waals surface area contributed by atoms with Gasteiger partial charge in [-0.3, -0.25) is 4.79 Å². The summed E-state index contributed by atoms with van der Waals surface area (Å²) >= 11 is 0. The molecular weight excluding hydrogens is 286 g/mol. The van der Waals surface area contributed by atoms with Gasteiger partial charge in [-0.2, -0.15) is 0 Å². The van der Waals surface area contributed by atoms with Crippen molar-refractivity contribution in [2.24, 2.45) is 11.8 Å². The van der Waals surface area contributed by atoms with E-state index in [9.17, 15) is 13.2 Å². The molecule has 1 aliphatic heterocycles. The lowest BCUT2D eigenvalue weighted by atomic mass is 9.99. The maximum absolute atomic E-state index is 12.3. The van der Waals surface area contributed by atoms with Crippen molar-refractivity contribution < 1.29 is 13.2 Å². The average Bonchev–Trinajstić information content (AvgIpc) is 3.20. The van der Waals surface area contributed by atoms with Gasteiger partial charge < -0.3 is 5.32 Å². The lowest BCUT2D eigenvalue weighted by Crippen LogP contribution is -2.35. The monoisotopic (exact) mass is 307 g/mol. The van der Waals surface area contributed by atoms with Gasteiger partial charge in [0.05, 0.1) is 23.5 Å². The van der Waals surface area contributed by atoms with Gasteiger partial charge in [0.15, 0.2) is 9.84 Å². The van der Waals surface area contributed by atoms with E-state index in [4.69, 9.17) is 0 Å². The molecule has 114 valence electrons. The molecule has 1 N–H and O–H groups in total. The van der Waals surface area contributed by atoms with Gasteiger partial charge in [-0.25, -0.2) is 8.42 Å². The quantitative estimate of drug-likeness (QED) is 0.925. The largest absolute Gasteiger partial charge is 0.349 e. The zero-order valence-electron chi connectivity index (χ0n) is 12.2. The minimum atomic E-state index is -3.01. The maximum atomic E-state index is 12.3. The molecule has 0 radical (unpaired) electrons. The number of carbonyl (C=O) groups is 1. The molecular formula is C16H21NO3S. The van der Waals surface area contributed by atoms with Crippen LogP contribution in [0.15, 0.2) is 24.3 Å². The van der Waals surface area contributed by atoms with Gasteiger partial charge >= 0.3 is 0 Å². The van der Waals surface area contributed by atoms with Crippen molar-refractivity contribution in [3.63, 3.8) is 0 Å². The Hall–Kier alpha value is -1.36. The lowest BCUT2D eigenvalue weighted by molar-refractivity contribution is -0.125. The fourth-order valence-corrected chi connectivity index (χ4v) is 4.69. The second-order valence-corrected chi connectivity index (χ2v) is 8.56. The fraction of sp³-hybridized carbons (Fsp3) is 0.562. The number of benzene rings is 1. The Labute approximate surface area is 125 Å². The summed E-state index contributed by atoms with van der Waals surface area (Å²) in [7, 11) is -3.01. The summed E-state index contributed by atoms with van der Waals surface area (Å²) in [4.78, 5) is 12.3. The molecule has 1 saturated carbocycles. The number of amides is 1. The minimum absolute atomic E-state index is 0.00409. The Bertz CT molecular complexity index is 632. The van der Waals surface area contributed by atoms with Gasteiger partial charge in [0.2, 0.25) is 5.91 Å². The van der Waals surface area contributed by atoms with Crippen LogP contribution in [-0.4, -0.2) is 25.8 Å². The van der Waals surface area contributed by atoms with Gasteiger partial charge in [-0.05, 0) is 37.7 Å². The third-order valence-electron chi connectivity index (χ3n) is 4.43. The number of hydrogen-bond acceptors (Lipinski definition) is 3. The van der Waals surface area contributed by atoms with E-state index in [1.54, 1.807) is 0 Å². The molecule has 4 nitrogen and oxygen atoms in total. The summed E-state index contributed by atoms with van der Waals surface area (Å²) in [6.07, 6.45) is 2.71. The molecule has 1 aliphatic carbocycles. The summed E-state index contributed by atoms with van der Waals surface area (Å²) in [5, 5.41) is 3.09. The van der Waals surface area contributed by atoms with Crippen molar-refractivity contribution in [2.45, 2.75) is 32.2 Å². The molecule has 1 aromatic rings. The third-order valence-corrected chi connectivity index (χ3v) is 6.20.